The fourth-order valence-electron chi connectivity index (χ4n) is 3.38. The first kappa shape index (κ1) is 31.3. The Morgan fingerprint density at radius 3 is 1.37 bits per heavy atom. The number of hydrogen-bond donors (Lipinski definition) is 0. The lowest BCUT2D eigenvalue weighted by Gasteiger charge is -2.30. The lowest BCUT2D eigenvalue weighted by molar-refractivity contribution is -0.00150. The summed E-state index contributed by atoms with van der Waals surface area (Å²) in [5.41, 5.74) is 0.721. The second kappa shape index (κ2) is 15.5. The van der Waals surface area contributed by atoms with Crippen molar-refractivity contribution in [2.24, 2.45) is 0 Å². The monoisotopic (exact) mass is 528 g/mol. The van der Waals surface area contributed by atoms with Gasteiger partial charge in [-0.2, -0.15) is 0 Å². The molecule has 0 aliphatic rings. The molecule has 8 heteroatoms. The van der Waals surface area contributed by atoms with Crippen LogP contribution < -0.4 is 0 Å². The lowest BCUT2D eigenvalue weighted by atomic mass is 10.2. The molecule has 0 aliphatic heterocycles. The molecule has 0 saturated carbocycles. The third kappa shape index (κ3) is 13.6. The van der Waals surface area contributed by atoms with Gasteiger partial charge in [0.15, 0.2) is 0 Å². The van der Waals surface area contributed by atoms with Crippen LogP contribution in [0.15, 0.2) is 60.7 Å². The first-order valence-electron chi connectivity index (χ1n) is 13.1. The van der Waals surface area contributed by atoms with Crippen molar-refractivity contribution in [3.63, 3.8) is 0 Å². The highest BCUT2D eigenvalue weighted by Gasteiger charge is 2.31. The summed E-state index contributed by atoms with van der Waals surface area (Å²) in [5, 5.41) is 0. The van der Waals surface area contributed by atoms with Crippen molar-refractivity contribution in [3.8, 4) is 0 Å². The zero-order chi connectivity index (χ0) is 28.0. The average Bonchev–Trinajstić information content (AvgIpc) is 2.83. The van der Waals surface area contributed by atoms with Gasteiger partial charge in [0.1, 0.15) is 11.2 Å². The van der Waals surface area contributed by atoms with E-state index < -0.39 is 23.4 Å². The summed E-state index contributed by atoms with van der Waals surface area (Å²) >= 11 is 0. The Bertz CT molecular complexity index is 879. The molecule has 0 heterocycles. The van der Waals surface area contributed by atoms with E-state index in [4.69, 9.17) is 18.9 Å². The molecule has 2 amide bonds. The molecule has 0 radical (unpaired) electrons. The summed E-state index contributed by atoms with van der Waals surface area (Å²) in [6.45, 7) is 14.3. The molecule has 2 aromatic rings. The van der Waals surface area contributed by atoms with Crippen molar-refractivity contribution in [1.82, 2.24) is 9.80 Å². The summed E-state index contributed by atoms with van der Waals surface area (Å²) < 4.78 is 22.7. The van der Waals surface area contributed by atoms with Crippen molar-refractivity contribution in [1.29, 1.82) is 0 Å². The van der Waals surface area contributed by atoms with E-state index >= 15 is 0 Å². The van der Waals surface area contributed by atoms with Gasteiger partial charge < -0.3 is 18.9 Å². The third-order valence-corrected chi connectivity index (χ3v) is 5.19. The first-order valence-corrected chi connectivity index (χ1v) is 13.1. The Morgan fingerprint density at radius 1 is 0.605 bits per heavy atom. The standard InChI is InChI=1S/C30H44N2O6/c1-29(2,3)37-27(33)32(28(34)38-30(4,5)6)18-17-31(19-21-35-23-25-13-9-7-10-14-25)20-22-36-24-26-15-11-8-12-16-26/h7-16H,17-24H2,1-6H3. The van der Waals surface area contributed by atoms with Gasteiger partial charge in [0.2, 0.25) is 0 Å². The Labute approximate surface area is 227 Å². The summed E-state index contributed by atoms with van der Waals surface area (Å²) in [6, 6.07) is 20.0. The van der Waals surface area contributed by atoms with Crippen LogP contribution in [-0.4, -0.2) is 72.6 Å². The van der Waals surface area contributed by atoms with E-state index in [0.717, 1.165) is 16.0 Å². The van der Waals surface area contributed by atoms with Crippen molar-refractivity contribution in [2.45, 2.75) is 66.0 Å². The van der Waals surface area contributed by atoms with Gasteiger partial charge in [-0.15, -0.1) is 0 Å². The van der Waals surface area contributed by atoms with Crippen molar-refractivity contribution >= 4 is 12.2 Å². The quantitative estimate of drug-likeness (QED) is 0.300. The molecular formula is C30H44N2O6. The van der Waals surface area contributed by atoms with Crippen molar-refractivity contribution in [3.05, 3.63) is 71.8 Å². The maximum atomic E-state index is 12.9. The molecule has 8 nitrogen and oxygen atoms in total. The predicted molar refractivity (Wildman–Crippen MR) is 148 cm³/mol. The minimum absolute atomic E-state index is 0.112. The van der Waals surface area contributed by atoms with Gasteiger partial charge in [0, 0.05) is 26.2 Å². The summed E-state index contributed by atoms with van der Waals surface area (Å²) in [5.74, 6) is 0. The number of rotatable bonds is 13. The van der Waals surface area contributed by atoms with Crippen molar-refractivity contribution in [2.75, 3.05) is 39.4 Å². The molecule has 0 aromatic heterocycles. The van der Waals surface area contributed by atoms with E-state index in [1.165, 1.54) is 0 Å². The highest BCUT2D eigenvalue weighted by molar-refractivity contribution is 5.88. The van der Waals surface area contributed by atoms with Crippen LogP contribution in [0.5, 0.6) is 0 Å². The SMILES string of the molecule is CC(C)(C)OC(=O)N(CCN(CCOCc1ccccc1)CCOCc1ccccc1)C(=O)OC(C)(C)C. The van der Waals surface area contributed by atoms with Crippen LogP contribution in [0.4, 0.5) is 9.59 Å². The fraction of sp³-hybridized carbons (Fsp3) is 0.533. The van der Waals surface area contributed by atoms with E-state index in [0.29, 0.717) is 46.1 Å². The topological polar surface area (TPSA) is 77.5 Å². The van der Waals surface area contributed by atoms with Gasteiger partial charge in [-0.1, -0.05) is 60.7 Å². The molecule has 2 rings (SSSR count). The third-order valence-electron chi connectivity index (χ3n) is 5.19. The Kier molecular flexibility index (Phi) is 12.7. The zero-order valence-electron chi connectivity index (χ0n) is 23.8. The molecule has 210 valence electrons. The number of nitrogens with zero attached hydrogens (tertiary/aromatic N) is 2. The van der Waals surface area contributed by atoms with Crippen LogP contribution in [0.1, 0.15) is 52.7 Å². The lowest BCUT2D eigenvalue weighted by Crippen LogP contribution is -2.47. The maximum absolute atomic E-state index is 12.9. The fourth-order valence-corrected chi connectivity index (χ4v) is 3.38. The minimum Gasteiger partial charge on any atom is -0.443 e. The molecule has 0 unspecified atom stereocenters. The van der Waals surface area contributed by atoms with Gasteiger partial charge in [0.25, 0.3) is 0 Å². The molecule has 0 N–H and O–H groups in total. The van der Waals surface area contributed by atoms with E-state index in [-0.39, 0.29) is 6.54 Å². The van der Waals surface area contributed by atoms with Gasteiger partial charge >= 0.3 is 12.2 Å². The molecule has 0 bridgehead atoms. The molecule has 0 aliphatic carbocycles. The number of carbonyl (C=O) groups excluding carboxylic acids is 2. The van der Waals surface area contributed by atoms with Gasteiger partial charge in [-0.05, 0) is 52.7 Å². The van der Waals surface area contributed by atoms with Crippen LogP contribution in [0.25, 0.3) is 0 Å². The first-order chi connectivity index (χ1) is 17.9. The van der Waals surface area contributed by atoms with Crippen molar-refractivity contribution < 1.29 is 28.5 Å². The largest absolute Gasteiger partial charge is 0.443 e. The summed E-state index contributed by atoms with van der Waals surface area (Å²) in [7, 11) is 0. The molecule has 38 heavy (non-hydrogen) atoms. The van der Waals surface area contributed by atoms with Crippen LogP contribution in [0.3, 0.4) is 0 Å². The molecular weight excluding hydrogens is 484 g/mol. The van der Waals surface area contributed by atoms with Gasteiger partial charge in [0.05, 0.1) is 26.4 Å². The average molecular weight is 529 g/mol. The van der Waals surface area contributed by atoms with Crippen LogP contribution in [0.2, 0.25) is 0 Å². The number of amides is 2. The maximum Gasteiger partial charge on any atom is 0.419 e. The highest BCUT2D eigenvalue weighted by Crippen LogP contribution is 2.15. The number of ether oxygens (including phenoxy) is 4. The predicted octanol–water partition coefficient (Wildman–Crippen LogP) is 5.89. The minimum atomic E-state index is -0.742. The normalized spacial score (nSPS) is 11.9. The van der Waals surface area contributed by atoms with E-state index in [2.05, 4.69) is 4.90 Å². The molecule has 0 atom stereocenters. The number of benzene rings is 2. The number of hydrogen-bond acceptors (Lipinski definition) is 7. The van der Waals surface area contributed by atoms with Crippen LogP contribution >= 0.6 is 0 Å². The summed E-state index contributed by atoms with van der Waals surface area (Å²) in [6.07, 6.45) is -1.46. The second-order valence-electron chi connectivity index (χ2n) is 11.0. The molecule has 2 aromatic carbocycles. The zero-order valence-corrected chi connectivity index (χ0v) is 23.8. The second-order valence-corrected chi connectivity index (χ2v) is 11.0. The van der Waals surface area contributed by atoms with Crippen LogP contribution in [0, 0.1) is 0 Å². The smallest absolute Gasteiger partial charge is 0.419 e. The number of carbonyl (C=O) groups is 2. The Hall–Kier alpha value is -2.94. The Balaban J connectivity index is 1.98. The number of imide groups is 1. The Morgan fingerprint density at radius 2 is 1.00 bits per heavy atom. The van der Waals surface area contributed by atoms with Crippen LogP contribution in [-0.2, 0) is 32.2 Å². The van der Waals surface area contributed by atoms with Gasteiger partial charge in [-0.25, -0.2) is 14.5 Å². The summed E-state index contributed by atoms with van der Waals surface area (Å²) in [4.78, 5) is 28.9. The highest BCUT2D eigenvalue weighted by atomic mass is 16.6. The van der Waals surface area contributed by atoms with E-state index in [1.54, 1.807) is 41.5 Å². The van der Waals surface area contributed by atoms with Gasteiger partial charge in [-0.3, -0.25) is 4.90 Å². The molecule has 0 spiro atoms. The molecule has 0 fully saturated rings. The van der Waals surface area contributed by atoms with E-state index in [1.807, 2.05) is 60.7 Å². The molecule has 0 saturated heterocycles. The van der Waals surface area contributed by atoms with E-state index in [9.17, 15) is 9.59 Å².